The molecule has 3 nitrogen and oxygen atoms in total. The number of hydrogen-bond donors (Lipinski definition) is 1. The molecule has 2 aromatic rings. The maximum atomic E-state index is 11.7. The molecule has 3 rings (SSSR count). The molecule has 4 heteroatoms. The Balaban J connectivity index is 1.73. The number of thiazole rings is 1. The summed E-state index contributed by atoms with van der Waals surface area (Å²) in [5.74, 6) is 0.863. The van der Waals surface area contributed by atoms with Crippen LogP contribution >= 0.6 is 11.3 Å². The summed E-state index contributed by atoms with van der Waals surface area (Å²) in [4.78, 5) is 16.2. The molecule has 1 aliphatic rings. The summed E-state index contributed by atoms with van der Waals surface area (Å²) in [6, 6.07) is 8.47. The van der Waals surface area contributed by atoms with Gasteiger partial charge in [-0.3, -0.25) is 4.79 Å². The van der Waals surface area contributed by atoms with Crippen LogP contribution in [0.25, 0.3) is 11.3 Å². The number of benzene rings is 1. The average molecular weight is 286 g/mol. The lowest BCUT2D eigenvalue weighted by Gasteiger charge is -2.05. The molecule has 1 aromatic heterocycles. The fraction of sp³-hybridized carbons (Fsp3) is 0.375. The van der Waals surface area contributed by atoms with Crippen LogP contribution in [0.2, 0.25) is 0 Å². The largest absolute Gasteiger partial charge is 0.302 e. The first-order valence-corrected chi connectivity index (χ1v) is 7.88. The van der Waals surface area contributed by atoms with Crippen molar-refractivity contribution in [2.24, 2.45) is 5.92 Å². The fourth-order valence-corrected chi connectivity index (χ4v) is 2.78. The van der Waals surface area contributed by atoms with Gasteiger partial charge in [-0.05, 0) is 24.3 Å². The van der Waals surface area contributed by atoms with Gasteiger partial charge < -0.3 is 5.32 Å². The van der Waals surface area contributed by atoms with Crippen molar-refractivity contribution in [2.45, 2.75) is 32.6 Å². The Labute approximate surface area is 123 Å². The molecule has 20 heavy (non-hydrogen) atoms. The Morgan fingerprint density at radius 3 is 2.60 bits per heavy atom. The third kappa shape index (κ3) is 2.90. The summed E-state index contributed by atoms with van der Waals surface area (Å²) >= 11 is 1.49. The number of nitrogens with zero attached hydrogens (tertiary/aromatic N) is 1. The molecule has 0 saturated heterocycles. The van der Waals surface area contributed by atoms with E-state index in [9.17, 15) is 4.79 Å². The van der Waals surface area contributed by atoms with Crippen LogP contribution in [0.3, 0.4) is 0 Å². The number of carbonyl (C=O) groups is 1. The van der Waals surface area contributed by atoms with Crippen molar-refractivity contribution < 1.29 is 4.79 Å². The Morgan fingerprint density at radius 2 is 2.00 bits per heavy atom. The van der Waals surface area contributed by atoms with Crippen LogP contribution in [0.4, 0.5) is 5.13 Å². The lowest BCUT2D eigenvalue weighted by Crippen LogP contribution is -2.12. The first kappa shape index (κ1) is 13.3. The average Bonchev–Trinajstić information content (AvgIpc) is 3.20. The molecule has 0 aliphatic heterocycles. The maximum absolute atomic E-state index is 11.7. The normalized spacial score (nSPS) is 14.6. The zero-order valence-corrected chi connectivity index (χ0v) is 12.5. The molecule has 1 aromatic carbocycles. The highest BCUT2D eigenvalue weighted by atomic mass is 32.1. The zero-order valence-electron chi connectivity index (χ0n) is 11.7. The zero-order chi connectivity index (χ0) is 14.1. The Morgan fingerprint density at radius 1 is 1.30 bits per heavy atom. The van der Waals surface area contributed by atoms with Crippen molar-refractivity contribution >= 4 is 22.4 Å². The maximum Gasteiger partial charge on any atom is 0.229 e. The Kier molecular flexibility index (Phi) is 3.57. The highest BCUT2D eigenvalue weighted by molar-refractivity contribution is 7.14. The molecular weight excluding hydrogens is 268 g/mol. The summed E-state index contributed by atoms with van der Waals surface area (Å²) in [6.07, 6.45) is 2.03. The van der Waals surface area contributed by atoms with Crippen molar-refractivity contribution in [1.29, 1.82) is 0 Å². The van der Waals surface area contributed by atoms with Crippen LogP contribution in [-0.2, 0) is 4.79 Å². The molecule has 0 atom stereocenters. The van der Waals surface area contributed by atoms with Crippen molar-refractivity contribution in [1.82, 2.24) is 4.98 Å². The second-order valence-electron chi connectivity index (χ2n) is 5.58. The molecule has 1 amide bonds. The lowest BCUT2D eigenvalue weighted by atomic mass is 10.0. The number of anilines is 1. The van der Waals surface area contributed by atoms with Crippen molar-refractivity contribution in [3.05, 3.63) is 35.2 Å². The van der Waals surface area contributed by atoms with E-state index in [0.29, 0.717) is 11.0 Å². The quantitative estimate of drug-likeness (QED) is 0.911. The second-order valence-corrected chi connectivity index (χ2v) is 6.44. The number of aromatic nitrogens is 1. The fourth-order valence-electron chi connectivity index (χ4n) is 2.06. The van der Waals surface area contributed by atoms with Crippen LogP contribution in [0.15, 0.2) is 29.6 Å². The predicted molar refractivity (Wildman–Crippen MR) is 83.0 cm³/mol. The van der Waals surface area contributed by atoms with Crippen LogP contribution in [0, 0.1) is 5.92 Å². The predicted octanol–water partition coefficient (Wildman–Crippen LogP) is 4.28. The topological polar surface area (TPSA) is 42.0 Å². The lowest BCUT2D eigenvalue weighted by molar-refractivity contribution is -0.117. The van der Waals surface area contributed by atoms with Gasteiger partial charge in [-0.1, -0.05) is 38.1 Å². The Hall–Kier alpha value is -1.68. The summed E-state index contributed by atoms with van der Waals surface area (Å²) in [5, 5.41) is 5.58. The van der Waals surface area contributed by atoms with Gasteiger partial charge in [0, 0.05) is 16.9 Å². The molecule has 0 radical (unpaired) electrons. The SMILES string of the molecule is CC(C)c1ccc(-c2csc(NC(=O)C3CC3)n2)cc1. The van der Waals surface area contributed by atoms with E-state index in [1.54, 1.807) is 0 Å². The molecule has 1 saturated carbocycles. The monoisotopic (exact) mass is 286 g/mol. The molecular formula is C16H18N2OS. The highest BCUT2D eigenvalue weighted by Crippen LogP contribution is 2.31. The van der Waals surface area contributed by atoms with E-state index >= 15 is 0 Å². The van der Waals surface area contributed by atoms with Gasteiger partial charge in [-0.2, -0.15) is 0 Å². The van der Waals surface area contributed by atoms with Crippen LogP contribution in [0.5, 0.6) is 0 Å². The third-order valence-electron chi connectivity index (χ3n) is 3.56. The number of hydrogen-bond acceptors (Lipinski definition) is 3. The van der Waals surface area contributed by atoms with Gasteiger partial charge in [-0.25, -0.2) is 4.98 Å². The number of nitrogens with one attached hydrogen (secondary N) is 1. The third-order valence-corrected chi connectivity index (χ3v) is 4.31. The Bertz CT molecular complexity index is 612. The molecule has 0 spiro atoms. The summed E-state index contributed by atoms with van der Waals surface area (Å²) < 4.78 is 0. The van der Waals surface area contributed by atoms with Crippen LogP contribution in [-0.4, -0.2) is 10.9 Å². The minimum absolute atomic E-state index is 0.112. The van der Waals surface area contributed by atoms with E-state index in [1.807, 2.05) is 5.38 Å². The second kappa shape index (κ2) is 5.37. The molecule has 1 heterocycles. The van der Waals surface area contributed by atoms with E-state index in [4.69, 9.17) is 0 Å². The molecule has 104 valence electrons. The summed E-state index contributed by atoms with van der Waals surface area (Å²) in [6.45, 7) is 4.37. The molecule has 0 bridgehead atoms. The molecule has 0 unspecified atom stereocenters. The van der Waals surface area contributed by atoms with Gasteiger partial charge in [0.2, 0.25) is 5.91 Å². The van der Waals surface area contributed by atoms with Crippen molar-refractivity contribution in [2.75, 3.05) is 5.32 Å². The molecule has 1 N–H and O–H groups in total. The van der Waals surface area contributed by atoms with Crippen LogP contribution < -0.4 is 5.32 Å². The van der Waals surface area contributed by atoms with E-state index in [-0.39, 0.29) is 11.8 Å². The van der Waals surface area contributed by atoms with Gasteiger partial charge in [0.15, 0.2) is 5.13 Å². The number of rotatable bonds is 4. The summed E-state index contributed by atoms with van der Waals surface area (Å²) in [7, 11) is 0. The highest BCUT2D eigenvalue weighted by Gasteiger charge is 2.30. The van der Waals surface area contributed by atoms with Gasteiger partial charge >= 0.3 is 0 Å². The van der Waals surface area contributed by atoms with Crippen molar-refractivity contribution in [3.63, 3.8) is 0 Å². The minimum Gasteiger partial charge on any atom is -0.302 e. The first-order valence-electron chi connectivity index (χ1n) is 7.00. The van der Waals surface area contributed by atoms with Gasteiger partial charge in [0.05, 0.1) is 5.69 Å². The first-order chi connectivity index (χ1) is 9.63. The van der Waals surface area contributed by atoms with E-state index in [1.165, 1.54) is 16.9 Å². The summed E-state index contributed by atoms with van der Waals surface area (Å²) in [5.41, 5.74) is 3.35. The number of amides is 1. The van der Waals surface area contributed by atoms with E-state index < -0.39 is 0 Å². The van der Waals surface area contributed by atoms with Gasteiger partial charge in [-0.15, -0.1) is 11.3 Å². The van der Waals surface area contributed by atoms with Crippen molar-refractivity contribution in [3.8, 4) is 11.3 Å². The standard InChI is InChI=1S/C16H18N2OS/c1-10(2)11-3-5-12(6-4-11)14-9-20-16(17-14)18-15(19)13-7-8-13/h3-6,9-10,13H,7-8H2,1-2H3,(H,17,18,19). The minimum atomic E-state index is 0.112. The van der Waals surface area contributed by atoms with Gasteiger partial charge in [0.1, 0.15) is 0 Å². The smallest absolute Gasteiger partial charge is 0.229 e. The van der Waals surface area contributed by atoms with E-state index in [2.05, 4.69) is 48.4 Å². The van der Waals surface area contributed by atoms with Gasteiger partial charge in [0.25, 0.3) is 0 Å². The number of carbonyl (C=O) groups excluding carboxylic acids is 1. The molecule has 1 aliphatic carbocycles. The van der Waals surface area contributed by atoms with Crippen LogP contribution in [0.1, 0.15) is 38.2 Å². The van der Waals surface area contributed by atoms with E-state index in [0.717, 1.165) is 24.1 Å². The molecule has 1 fully saturated rings.